The molecule has 9 N–H and O–H groups in total. The van der Waals surface area contributed by atoms with E-state index in [1.54, 1.807) is 9.80 Å². The highest BCUT2D eigenvalue weighted by atomic mass is 16.4. The molecule has 14 nitrogen and oxygen atoms in total. The molecule has 2 saturated heterocycles. The zero-order chi connectivity index (χ0) is 40.1. The van der Waals surface area contributed by atoms with Gasteiger partial charge in [-0.25, -0.2) is 0 Å². The number of ketones is 1. The maximum absolute atomic E-state index is 14.1. The van der Waals surface area contributed by atoms with Crippen molar-refractivity contribution >= 4 is 35.4 Å². The number of fused-ring (bicyclic) bond motifs is 2. The normalized spacial score (nSPS) is 19.0. The molecule has 2 bridgehead atoms. The number of carboxylic acid groups (broad SMARTS) is 1. The molecule has 0 radical (unpaired) electrons. The van der Waals surface area contributed by atoms with Crippen molar-refractivity contribution in [1.82, 2.24) is 20.4 Å². The average molecular weight is 762 g/mol. The molecular weight excluding hydrogens is 702 g/mol. The number of piperidine rings is 1. The summed E-state index contributed by atoms with van der Waals surface area (Å²) in [5.41, 5.74) is 19.8. The number of piperazine rings is 1. The highest BCUT2D eigenvalue weighted by Gasteiger charge is 2.50. The van der Waals surface area contributed by atoms with Crippen molar-refractivity contribution in [3.8, 4) is 0 Å². The van der Waals surface area contributed by atoms with Crippen LogP contribution in [0.2, 0.25) is 0 Å². The SMILES string of the molecule is CC(C)CC(CC(=O)C(Cc1ccccc1)NC(=O)C(N)Cc1ccccc1)C(=O)NC(CCCCN)C(=O)N1C2CC1CN(C(=O)C(N)CCC(=O)O)C2. The number of amides is 4. The van der Waals surface area contributed by atoms with E-state index >= 15 is 0 Å². The van der Waals surface area contributed by atoms with Crippen LogP contribution in [0.15, 0.2) is 60.7 Å². The summed E-state index contributed by atoms with van der Waals surface area (Å²) in [6.07, 6.45) is 2.89. The first-order valence-electron chi connectivity index (χ1n) is 19.5. The van der Waals surface area contributed by atoms with Gasteiger partial charge in [-0.15, -0.1) is 0 Å². The third kappa shape index (κ3) is 12.7. The highest BCUT2D eigenvalue weighted by Crippen LogP contribution is 2.34. The van der Waals surface area contributed by atoms with Crippen LogP contribution in [0, 0.1) is 11.8 Å². The Labute approximate surface area is 323 Å². The number of carboxylic acids is 1. The lowest BCUT2D eigenvalue weighted by Crippen LogP contribution is -2.73. The largest absolute Gasteiger partial charge is 0.481 e. The molecule has 0 saturated carbocycles. The molecule has 4 rings (SSSR count). The number of benzene rings is 2. The number of unbranched alkanes of at least 4 members (excludes halogenated alkanes) is 1. The van der Waals surface area contributed by atoms with Gasteiger partial charge in [0.05, 0.1) is 30.2 Å². The summed E-state index contributed by atoms with van der Waals surface area (Å²) in [4.78, 5) is 82.9. The fourth-order valence-electron chi connectivity index (χ4n) is 7.58. The number of rotatable bonds is 22. The Morgan fingerprint density at radius 3 is 1.91 bits per heavy atom. The van der Waals surface area contributed by atoms with Crippen molar-refractivity contribution in [3.05, 3.63) is 71.8 Å². The van der Waals surface area contributed by atoms with E-state index in [1.807, 2.05) is 74.5 Å². The van der Waals surface area contributed by atoms with Gasteiger partial charge in [0.15, 0.2) is 5.78 Å². The number of Topliss-reactive ketones (excluding diaryl/α,β-unsaturated/α-hetero) is 1. The molecule has 0 aliphatic carbocycles. The molecule has 4 amide bonds. The summed E-state index contributed by atoms with van der Waals surface area (Å²) in [5.74, 6) is -3.50. The molecule has 2 aliphatic heterocycles. The molecule has 2 aliphatic rings. The predicted molar refractivity (Wildman–Crippen MR) is 208 cm³/mol. The van der Waals surface area contributed by atoms with Crippen molar-refractivity contribution in [3.63, 3.8) is 0 Å². The van der Waals surface area contributed by atoms with E-state index in [0.29, 0.717) is 45.1 Å². The number of nitrogens with zero attached hydrogens (tertiary/aromatic N) is 2. The number of likely N-dealkylation sites (tertiary alicyclic amines) is 2. The van der Waals surface area contributed by atoms with E-state index in [-0.39, 0.29) is 74.4 Å². The standard InChI is InChI=1S/C41H59N7O7/c1-26(2)19-29(22-36(49)35(21-28-13-7-4-8-14-28)46-39(53)33(44)20-27-11-5-3-6-12-27)38(52)45-34(15-9-10-18-42)41(55)48-30-23-31(48)25-47(24-30)40(54)32(43)16-17-37(50)51/h3-8,11-14,26,29-35H,9-10,15-25,42-44H2,1-2H3,(H,45,52)(H,46,53)(H,50,51). The van der Waals surface area contributed by atoms with E-state index in [1.165, 1.54) is 0 Å². The van der Waals surface area contributed by atoms with E-state index in [2.05, 4.69) is 10.6 Å². The molecule has 2 aromatic rings. The Morgan fingerprint density at radius 1 is 0.764 bits per heavy atom. The fraction of sp³-hybridized carbons (Fsp3) is 0.561. The Balaban J connectivity index is 1.46. The summed E-state index contributed by atoms with van der Waals surface area (Å²) in [6.45, 7) is 4.90. The van der Waals surface area contributed by atoms with Crippen molar-refractivity contribution in [1.29, 1.82) is 0 Å². The van der Waals surface area contributed by atoms with Gasteiger partial charge in [0, 0.05) is 31.8 Å². The summed E-state index contributed by atoms with van der Waals surface area (Å²) in [6, 6.07) is 14.6. The van der Waals surface area contributed by atoms with E-state index in [9.17, 15) is 28.8 Å². The number of aliphatic carboxylic acids is 1. The molecule has 2 aromatic carbocycles. The van der Waals surface area contributed by atoms with Crippen LogP contribution in [0.25, 0.3) is 0 Å². The van der Waals surface area contributed by atoms with Gasteiger partial charge >= 0.3 is 5.97 Å². The van der Waals surface area contributed by atoms with E-state index < -0.39 is 47.9 Å². The van der Waals surface area contributed by atoms with Crippen molar-refractivity contribution < 1.29 is 33.9 Å². The molecule has 14 heteroatoms. The highest BCUT2D eigenvalue weighted by molar-refractivity contribution is 5.95. The summed E-state index contributed by atoms with van der Waals surface area (Å²) >= 11 is 0. The lowest BCUT2D eigenvalue weighted by atomic mass is 9.85. The first-order valence-corrected chi connectivity index (χ1v) is 19.5. The number of carbonyl (C=O) groups excluding carboxylic acids is 5. The summed E-state index contributed by atoms with van der Waals surface area (Å²) in [7, 11) is 0. The lowest BCUT2D eigenvalue weighted by Gasteiger charge is -2.57. The van der Waals surface area contributed by atoms with Crippen molar-refractivity contribution in [2.45, 2.75) is 114 Å². The van der Waals surface area contributed by atoms with Crippen LogP contribution in [0.1, 0.15) is 76.3 Å². The molecule has 2 fully saturated rings. The fourth-order valence-corrected chi connectivity index (χ4v) is 7.58. The van der Waals surface area contributed by atoms with Gasteiger partial charge in [0.2, 0.25) is 23.6 Å². The average Bonchev–Trinajstić information content (AvgIpc) is 3.16. The zero-order valence-electron chi connectivity index (χ0n) is 32.1. The maximum Gasteiger partial charge on any atom is 0.303 e. The Morgan fingerprint density at radius 2 is 1.35 bits per heavy atom. The van der Waals surface area contributed by atoms with Gasteiger partial charge in [-0.05, 0) is 75.0 Å². The number of nitrogens with one attached hydrogen (secondary N) is 2. The monoisotopic (exact) mass is 761 g/mol. The molecule has 2 heterocycles. The molecule has 7 atom stereocenters. The van der Waals surface area contributed by atoms with Gasteiger partial charge in [-0.1, -0.05) is 74.5 Å². The van der Waals surface area contributed by atoms with Gasteiger partial charge in [0.25, 0.3) is 0 Å². The quantitative estimate of drug-likeness (QED) is 0.0948. The number of hydrogen-bond acceptors (Lipinski definition) is 9. The minimum atomic E-state index is -1.03. The summed E-state index contributed by atoms with van der Waals surface area (Å²) in [5, 5.41) is 14.9. The van der Waals surface area contributed by atoms with E-state index in [4.69, 9.17) is 22.3 Å². The van der Waals surface area contributed by atoms with Gasteiger partial charge in [-0.3, -0.25) is 28.8 Å². The third-order valence-corrected chi connectivity index (χ3v) is 10.5. The maximum atomic E-state index is 14.1. The smallest absolute Gasteiger partial charge is 0.303 e. The van der Waals surface area contributed by atoms with Crippen LogP contribution in [-0.2, 0) is 41.6 Å². The summed E-state index contributed by atoms with van der Waals surface area (Å²) < 4.78 is 0. The van der Waals surface area contributed by atoms with Gasteiger partial charge in [0.1, 0.15) is 6.04 Å². The Kier molecular flexibility index (Phi) is 16.3. The number of carbonyl (C=O) groups is 6. The number of hydrogen-bond donors (Lipinski definition) is 6. The van der Waals surface area contributed by atoms with Crippen molar-refractivity contribution in [2.24, 2.45) is 29.0 Å². The Hall–Kier alpha value is -4.66. The second-order valence-electron chi connectivity index (χ2n) is 15.5. The van der Waals surface area contributed by atoms with Gasteiger partial charge < -0.3 is 42.7 Å². The lowest BCUT2D eigenvalue weighted by molar-refractivity contribution is -0.164. The predicted octanol–water partition coefficient (Wildman–Crippen LogP) is 1.52. The van der Waals surface area contributed by atoms with Crippen LogP contribution in [0.4, 0.5) is 0 Å². The Bertz CT molecular complexity index is 1600. The third-order valence-electron chi connectivity index (χ3n) is 10.5. The topological polar surface area (TPSA) is 231 Å². The van der Waals surface area contributed by atoms with Crippen molar-refractivity contribution in [2.75, 3.05) is 19.6 Å². The molecule has 300 valence electrons. The van der Waals surface area contributed by atoms with Crippen LogP contribution in [0.3, 0.4) is 0 Å². The molecular formula is C41H59N7O7. The van der Waals surface area contributed by atoms with Crippen LogP contribution in [-0.4, -0.2) is 106 Å². The molecule has 7 unspecified atom stereocenters. The zero-order valence-corrected chi connectivity index (χ0v) is 32.1. The first-order chi connectivity index (χ1) is 26.3. The van der Waals surface area contributed by atoms with Gasteiger partial charge in [-0.2, -0.15) is 0 Å². The first kappa shape index (κ1) is 43.1. The second kappa shape index (κ2) is 20.9. The van der Waals surface area contributed by atoms with E-state index in [0.717, 1.165) is 11.1 Å². The van der Waals surface area contributed by atoms with Crippen LogP contribution in [0.5, 0.6) is 0 Å². The molecule has 0 aromatic heterocycles. The van der Waals surface area contributed by atoms with Crippen LogP contribution < -0.4 is 27.8 Å². The number of nitrogens with two attached hydrogens (primary N) is 3. The second-order valence-corrected chi connectivity index (χ2v) is 15.5. The molecule has 55 heavy (non-hydrogen) atoms. The molecule has 0 spiro atoms. The van der Waals surface area contributed by atoms with Crippen LogP contribution >= 0.6 is 0 Å². The minimum Gasteiger partial charge on any atom is -0.481 e. The minimum absolute atomic E-state index is 0.0269.